The molecule has 2 heteroatoms. The van der Waals surface area contributed by atoms with Crippen LogP contribution in [0.25, 0.3) is 0 Å². The maximum absolute atomic E-state index is 9.51. The van der Waals surface area contributed by atoms with Crippen molar-refractivity contribution < 1.29 is 5.11 Å². The molecule has 0 saturated carbocycles. The summed E-state index contributed by atoms with van der Waals surface area (Å²) in [5, 5.41) is 9.51. The van der Waals surface area contributed by atoms with E-state index in [2.05, 4.69) is 0 Å². The fourth-order valence-electron chi connectivity index (χ4n) is 1.09. The van der Waals surface area contributed by atoms with Crippen LogP contribution >= 0.6 is 0 Å². The fourth-order valence-corrected chi connectivity index (χ4v) is 1.09. The molecule has 0 aliphatic carbocycles. The molecule has 1 rings (SSSR count). The SMILES string of the molecule is CCc1cccc(CN)c1O. The Morgan fingerprint density at radius 1 is 1.36 bits per heavy atom. The predicted molar refractivity (Wildman–Crippen MR) is 45.4 cm³/mol. The van der Waals surface area contributed by atoms with Gasteiger partial charge in [0.15, 0.2) is 0 Å². The average molecular weight is 151 g/mol. The smallest absolute Gasteiger partial charge is 0.123 e. The van der Waals surface area contributed by atoms with Crippen LogP contribution in [-0.4, -0.2) is 5.11 Å². The lowest BCUT2D eigenvalue weighted by atomic mass is 10.1. The van der Waals surface area contributed by atoms with E-state index in [0.717, 1.165) is 17.5 Å². The summed E-state index contributed by atoms with van der Waals surface area (Å²) in [5.74, 6) is 0.359. The van der Waals surface area contributed by atoms with E-state index in [0.29, 0.717) is 12.3 Å². The number of hydrogen-bond acceptors (Lipinski definition) is 2. The van der Waals surface area contributed by atoms with Crippen molar-refractivity contribution in [2.24, 2.45) is 5.73 Å². The molecule has 0 radical (unpaired) electrons. The van der Waals surface area contributed by atoms with E-state index in [4.69, 9.17) is 5.73 Å². The molecule has 0 fully saturated rings. The molecule has 0 unspecified atom stereocenters. The van der Waals surface area contributed by atoms with E-state index in [1.807, 2.05) is 25.1 Å². The molecule has 60 valence electrons. The molecule has 0 aliphatic heterocycles. The maximum atomic E-state index is 9.51. The normalized spacial score (nSPS) is 10.0. The highest BCUT2D eigenvalue weighted by atomic mass is 16.3. The van der Waals surface area contributed by atoms with Gasteiger partial charge in [0.1, 0.15) is 5.75 Å². The largest absolute Gasteiger partial charge is 0.507 e. The van der Waals surface area contributed by atoms with Crippen molar-refractivity contribution in [2.75, 3.05) is 0 Å². The molecule has 2 nitrogen and oxygen atoms in total. The Balaban J connectivity index is 3.10. The van der Waals surface area contributed by atoms with E-state index in [1.165, 1.54) is 0 Å². The van der Waals surface area contributed by atoms with E-state index in [-0.39, 0.29) is 0 Å². The first-order valence-corrected chi connectivity index (χ1v) is 3.79. The van der Waals surface area contributed by atoms with Gasteiger partial charge in [-0.3, -0.25) is 0 Å². The highest BCUT2D eigenvalue weighted by Crippen LogP contribution is 2.21. The molecule has 0 amide bonds. The quantitative estimate of drug-likeness (QED) is 0.671. The van der Waals surface area contributed by atoms with Gasteiger partial charge in [0.25, 0.3) is 0 Å². The minimum Gasteiger partial charge on any atom is -0.507 e. The second-order valence-corrected chi connectivity index (χ2v) is 2.48. The van der Waals surface area contributed by atoms with Gasteiger partial charge in [0, 0.05) is 12.1 Å². The average Bonchev–Trinajstić information content (AvgIpc) is 2.05. The van der Waals surface area contributed by atoms with Crippen molar-refractivity contribution in [3.63, 3.8) is 0 Å². The van der Waals surface area contributed by atoms with Crippen molar-refractivity contribution >= 4 is 0 Å². The van der Waals surface area contributed by atoms with Crippen LogP contribution < -0.4 is 5.73 Å². The van der Waals surface area contributed by atoms with Gasteiger partial charge in [-0.1, -0.05) is 25.1 Å². The van der Waals surface area contributed by atoms with Gasteiger partial charge in [-0.15, -0.1) is 0 Å². The van der Waals surface area contributed by atoms with Gasteiger partial charge in [0.2, 0.25) is 0 Å². The van der Waals surface area contributed by atoms with Crippen molar-refractivity contribution in [1.82, 2.24) is 0 Å². The predicted octanol–water partition coefficient (Wildman–Crippen LogP) is 1.41. The summed E-state index contributed by atoms with van der Waals surface area (Å²) in [6.07, 6.45) is 0.847. The minimum absolute atomic E-state index is 0.359. The number of hydrogen-bond donors (Lipinski definition) is 2. The first-order valence-electron chi connectivity index (χ1n) is 3.79. The number of aromatic hydroxyl groups is 1. The zero-order chi connectivity index (χ0) is 8.27. The third-order valence-electron chi connectivity index (χ3n) is 1.80. The Hall–Kier alpha value is -1.02. The van der Waals surface area contributed by atoms with Crippen LogP contribution in [-0.2, 0) is 13.0 Å². The summed E-state index contributed by atoms with van der Waals surface area (Å²) in [4.78, 5) is 0. The monoisotopic (exact) mass is 151 g/mol. The number of aryl methyl sites for hydroxylation is 1. The van der Waals surface area contributed by atoms with Gasteiger partial charge in [-0.2, -0.15) is 0 Å². The first kappa shape index (κ1) is 8.08. The summed E-state index contributed by atoms with van der Waals surface area (Å²) in [7, 11) is 0. The minimum atomic E-state index is 0.359. The lowest BCUT2D eigenvalue weighted by molar-refractivity contribution is 0.462. The van der Waals surface area contributed by atoms with Gasteiger partial charge < -0.3 is 10.8 Å². The summed E-state index contributed by atoms with van der Waals surface area (Å²) < 4.78 is 0. The number of para-hydroxylation sites is 1. The molecule has 11 heavy (non-hydrogen) atoms. The molecule has 0 saturated heterocycles. The van der Waals surface area contributed by atoms with Crippen LogP contribution in [0, 0.1) is 0 Å². The van der Waals surface area contributed by atoms with Crippen molar-refractivity contribution in [3.05, 3.63) is 29.3 Å². The zero-order valence-electron chi connectivity index (χ0n) is 6.67. The maximum Gasteiger partial charge on any atom is 0.123 e. The summed E-state index contributed by atoms with van der Waals surface area (Å²) in [5.41, 5.74) is 7.20. The molecule has 1 aromatic carbocycles. The topological polar surface area (TPSA) is 46.2 Å². The molecule has 0 heterocycles. The Bertz CT molecular complexity index is 223. The van der Waals surface area contributed by atoms with E-state index in [9.17, 15) is 5.11 Å². The lowest BCUT2D eigenvalue weighted by Crippen LogP contribution is -1.97. The van der Waals surface area contributed by atoms with Gasteiger partial charge in [-0.05, 0) is 12.0 Å². The summed E-state index contributed by atoms with van der Waals surface area (Å²) in [6.45, 7) is 2.41. The van der Waals surface area contributed by atoms with E-state index in [1.54, 1.807) is 0 Å². The van der Waals surface area contributed by atoms with Crippen molar-refractivity contribution in [2.45, 2.75) is 19.9 Å². The van der Waals surface area contributed by atoms with Crippen LogP contribution in [0.1, 0.15) is 18.1 Å². The van der Waals surface area contributed by atoms with Crippen LogP contribution in [0.15, 0.2) is 18.2 Å². The molecule has 3 N–H and O–H groups in total. The highest BCUT2D eigenvalue weighted by molar-refractivity contribution is 5.39. The van der Waals surface area contributed by atoms with Crippen LogP contribution in [0.2, 0.25) is 0 Å². The lowest BCUT2D eigenvalue weighted by Gasteiger charge is -2.05. The molecule has 0 bridgehead atoms. The number of nitrogens with two attached hydrogens (primary N) is 1. The second kappa shape index (κ2) is 3.39. The molecule has 0 aromatic heterocycles. The number of benzene rings is 1. The van der Waals surface area contributed by atoms with E-state index >= 15 is 0 Å². The summed E-state index contributed by atoms with van der Waals surface area (Å²) in [6, 6.07) is 5.67. The Labute approximate surface area is 66.7 Å². The van der Waals surface area contributed by atoms with E-state index < -0.39 is 0 Å². The molecule has 0 spiro atoms. The molecule has 0 atom stereocenters. The molecular weight excluding hydrogens is 138 g/mol. The highest BCUT2D eigenvalue weighted by Gasteiger charge is 2.01. The van der Waals surface area contributed by atoms with Gasteiger partial charge in [0.05, 0.1) is 0 Å². The van der Waals surface area contributed by atoms with Crippen molar-refractivity contribution in [3.8, 4) is 5.75 Å². The zero-order valence-corrected chi connectivity index (χ0v) is 6.67. The standard InChI is InChI=1S/C9H13NO/c1-2-7-4-3-5-8(6-10)9(7)11/h3-5,11H,2,6,10H2,1H3. The third-order valence-corrected chi connectivity index (χ3v) is 1.80. The third kappa shape index (κ3) is 1.52. The fraction of sp³-hybridized carbons (Fsp3) is 0.333. The molecular formula is C9H13NO. The Morgan fingerprint density at radius 2 is 2.00 bits per heavy atom. The van der Waals surface area contributed by atoms with Crippen molar-refractivity contribution in [1.29, 1.82) is 0 Å². The van der Waals surface area contributed by atoms with Gasteiger partial charge in [-0.25, -0.2) is 0 Å². The molecule has 1 aromatic rings. The first-order chi connectivity index (χ1) is 5.29. The number of phenolic OH excluding ortho intramolecular Hbond substituents is 1. The van der Waals surface area contributed by atoms with Crippen LogP contribution in [0.3, 0.4) is 0 Å². The van der Waals surface area contributed by atoms with Gasteiger partial charge >= 0.3 is 0 Å². The van der Waals surface area contributed by atoms with Crippen LogP contribution in [0.4, 0.5) is 0 Å². The number of phenols is 1. The Kier molecular flexibility index (Phi) is 2.49. The second-order valence-electron chi connectivity index (χ2n) is 2.48. The van der Waals surface area contributed by atoms with Crippen LogP contribution in [0.5, 0.6) is 5.75 Å². The molecule has 0 aliphatic rings. The summed E-state index contributed by atoms with van der Waals surface area (Å²) >= 11 is 0. The Morgan fingerprint density at radius 3 is 2.55 bits per heavy atom. The number of rotatable bonds is 2.